The summed E-state index contributed by atoms with van der Waals surface area (Å²) in [5, 5.41) is 24.4. The molecule has 0 bridgehead atoms. The van der Waals surface area contributed by atoms with Gasteiger partial charge in [-0.2, -0.15) is 0 Å². The van der Waals surface area contributed by atoms with E-state index in [-0.39, 0.29) is 44.6 Å². The number of carbonyl (C=O) groups excluding carboxylic acids is 6. The highest BCUT2D eigenvalue weighted by Crippen LogP contribution is 2.22. The van der Waals surface area contributed by atoms with Crippen LogP contribution in [0.1, 0.15) is 70.1 Å². The summed E-state index contributed by atoms with van der Waals surface area (Å²) in [6.07, 6.45) is 1.14. The molecule has 0 radical (unpaired) electrons. The van der Waals surface area contributed by atoms with Gasteiger partial charge in [-0.1, -0.05) is 49.4 Å². The highest BCUT2D eigenvalue weighted by Gasteiger charge is 2.39. The van der Waals surface area contributed by atoms with E-state index in [1.54, 1.807) is 6.92 Å². The van der Waals surface area contributed by atoms with E-state index in [0.29, 0.717) is 54.8 Å². The van der Waals surface area contributed by atoms with Crippen molar-refractivity contribution in [2.45, 2.75) is 108 Å². The van der Waals surface area contributed by atoms with Crippen molar-refractivity contribution in [3.8, 4) is 5.88 Å². The van der Waals surface area contributed by atoms with Gasteiger partial charge in [0.1, 0.15) is 35.9 Å². The second-order valence-electron chi connectivity index (χ2n) is 14.2. The zero-order valence-electron chi connectivity index (χ0n) is 32.1. The summed E-state index contributed by atoms with van der Waals surface area (Å²) in [7, 11) is 1.47. The lowest BCUT2D eigenvalue weighted by molar-refractivity contribution is -0.142. The van der Waals surface area contributed by atoms with Gasteiger partial charge < -0.3 is 41.3 Å². The number of nitrogens with zero attached hydrogens (tertiary/aromatic N) is 3. The Hall–Kier alpha value is -5.64. The molecule has 0 aliphatic carbocycles. The van der Waals surface area contributed by atoms with Crippen LogP contribution in [-0.2, 0) is 41.6 Å². The zero-order valence-corrected chi connectivity index (χ0v) is 32.1. The summed E-state index contributed by atoms with van der Waals surface area (Å²) >= 11 is 0. The number of rotatable bonds is 9. The minimum absolute atomic E-state index is 0.0338. The standard InChI is InChI=1S/C40H52N8O8/c1-4-26-35(51)47-34(24(2)49)38(54)45-31(23-25-13-6-5-7-14-25)40(55)48-22-12-18-32(48)37(53)41-21-11-10-17-29(36(52)44-26)43-33(50)20-19-30-39(56-3)46-28-16-9-8-15-27(28)42-30/h5-9,13-16,24,26,29,31-32,34,49H,4,10-12,17-23H2,1-3H3,(H,41,53)(H,43,50)(H,44,52)(H,45,54)(H,47,51)/t24-,26+,29+,31-,32+,34+/m1/s1. The van der Waals surface area contributed by atoms with Crippen LogP contribution in [0.3, 0.4) is 0 Å². The van der Waals surface area contributed by atoms with Crippen LogP contribution in [0, 0.1) is 0 Å². The van der Waals surface area contributed by atoms with Gasteiger partial charge in [0.2, 0.25) is 41.3 Å². The summed E-state index contributed by atoms with van der Waals surface area (Å²) in [6.45, 7) is 3.59. The predicted molar refractivity (Wildman–Crippen MR) is 206 cm³/mol. The third kappa shape index (κ3) is 10.8. The molecule has 56 heavy (non-hydrogen) atoms. The van der Waals surface area contributed by atoms with Crippen LogP contribution in [0.4, 0.5) is 0 Å². The molecule has 2 aliphatic heterocycles. The van der Waals surface area contributed by atoms with Crippen LogP contribution in [0.15, 0.2) is 54.6 Å². The predicted octanol–water partition coefficient (Wildman–Crippen LogP) is 0.835. The summed E-state index contributed by atoms with van der Waals surface area (Å²) in [5.74, 6) is -3.06. The Morgan fingerprint density at radius 2 is 1.57 bits per heavy atom. The second-order valence-corrected chi connectivity index (χ2v) is 14.2. The van der Waals surface area contributed by atoms with Crippen molar-refractivity contribution in [2.75, 3.05) is 20.2 Å². The van der Waals surface area contributed by atoms with Crippen molar-refractivity contribution in [1.82, 2.24) is 41.5 Å². The number of ether oxygens (including phenoxy) is 1. The number of hydrogen-bond donors (Lipinski definition) is 6. The van der Waals surface area contributed by atoms with E-state index < -0.39 is 65.8 Å². The molecule has 300 valence electrons. The molecule has 6 atom stereocenters. The largest absolute Gasteiger partial charge is 0.480 e. The average molecular weight is 773 g/mol. The maximum absolute atomic E-state index is 14.1. The number of hydrogen-bond acceptors (Lipinski definition) is 10. The van der Waals surface area contributed by atoms with E-state index >= 15 is 0 Å². The monoisotopic (exact) mass is 772 g/mol. The molecule has 2 saturated heterocycles. The van der Waals surface area contributed by atoms with Crippen molar-refractivity contribution in [2.24, 2.45) is 0 Å². The Kier molecular flexibility index (Phi) is 14.7. The molecular weight excluding hydrogens is 720 g/mol. The van der Waals surface area contributed by atoms with Crippen molar-refractivity contribution >= 4 is 46.5 Å². The van der Waals surface area contributed by atoms with Crippen LogP contribution >= 0.6 is 0 Å². The Morgan fingerprint density at radius 3 is 2.27 bits per heavy atom. The highest BCUT2D eigenvalue weighted by atomic mass is 16.5. The fourth-order valence-corrected chi connectivity index (χ4v) is 7.02. The molecule has 1 aromatic heterocycles. The van der Waals surface area contributed by atoms with Crippen LogP contribution < -0.4 is 31.3 Å². The molecule has 2 aromatic carbocycles. The normalized spacial score (nSPS) is 23.7. The molecule has 3 aromatic rings. The number of fused-ring (bicyclic) bond motifs is 2. The lowest BCUT2D eigenvalue weighted by atomic mass is 10.0. The van der Waals surface area contributed by atoms with Gasteiger partial charge in [0.05, 0.1) is 24.2 Å². The lowest BCUT2D eigenvalue weighted by Gasteiger charge is -2.30. The molecule has 2 fully saturated rings. The summed E-state index contributed by atoms with van der Waals surface area (Å²) < 4.78 is 5.42. The zero-order chi connectivity index (χ0) is 40.2. The Balaban J connectivity index is 1.34. The van der Waals surface area contributed by atoms with Crippen LogP contribution in [-0.4, -0.2) is 112 Å². The van der Waals surface area contributed by atoms with E-state index in [2.05, 4.69) is 36.6 Å². The first-order valence-electron chi connectivity index (χ1n) is 19.3. The number of nitrogens with one attached hydrogen (secondary N) is 5. The van der Waals surface area contributed by atoms with Gasteiger partial charge in [0.25, 0.3) is 0 Å². The van der Waals surface area contributed by atoms with Gasteiger partial charge in [-0.25, -0.2) is 9.97 Å². The number of carbonyl (C=O) groups is 6. The summed E-state index contributed by atoms with van der Waals surface area (Å²) in [6, 6.07) is 10.9. The van der Waals surface area contributed by atoms with Crippen LogP contribution in [0.5, 0.6) is 5.88 Å². The van der Waals surface area contributed by atoms with Gasteiger partial charge in [0.15, 0.2) is 0 Å². The summed E-state index contributed by atoms with van der Waals surface area (Å²) in [5.41, 5.74) is 2.54. The first-order chi connectivity index (χ1) is 27.0. The Labute approximate surface area is 325 Å². The molecule has 5 rings (SSSR count). The van der Waals surface area contributed by atoms with E-state index in [1.165, 1.54) is 18.9 Å². The van der Waals surface area contributed by atoms with E-state index in [4.69, 9.17) is 4.74 Å². The average Bonchev–Trinajstić information content (AvgIpc) is 3.69. The van der Waals surface area contributed by atoms with E-state index in [9.17, 15) is 33.9 Å². The number of amides is 6. The molecule has 6 N–H and O–H groups in total. The molecule has 3 heterocycles. The third-order valence-electron chi connectivity index (χ3n) is 10.1. The summed E-state index contributed by atoms with van der Waals surface area (Å²) in [4.78, 5) is 92.5. The number of aliphatic hydroxyl groups is 1. The molecule has 6 amide bonds. The van der Waals surface area contributed by atoms with Crippen molar-refractivity contribution in [1.29, 1.82) is 0 Å². The van der Waals surface area contributed by atoms with Crippen LogP contribution in [0.25, 0.3) is 11.0 Å². The number of aliphatic hydroxyl groups excluding tert-OH is 1. The van der Waals surface area contributed by atoms with Crippen LogP contribution in [0.2, 0.25) is 0 Å². The van der Waals surface area contributed by atoms with Gasteiger partial charge in [-0.3, -0.25) is 28.8 Å². The number of aromatic nitrogens is 2. The number of benzene rings is 2. The van der Waals surface area contributed by atoms with Gasteiger partial charge >= 0.3 is 0 Å². The molecule has 2 aliphatic rings. The lowest BCUT2D eigenvalue weighted by Crippen LogP contribution is -2.61. The van der Waals surface area contributed by atoms with Gasteiger partial charge in [-0.05, 0) is 63.1 Å². The maximum atomic E-state index is 14.1. The third-order valence-corrected chi connectivity index (χ3v) is 10.1. The fraction of sp³-hybridized carbons (Fsp3) is 0.500. The van der Waals surface area contributed by atoms with Crippen molar-refractivity contribution < 1.29 is 38.6 Å². The molecule has 16 nitrogen and oxygen atoms in total. The number of aryl methyl sites for hydroxylation is 1. The van der Waals surface area contributed by atoms with E-state index in [0.717, 1.165) is 5.56 Å². The molecule has 0 unspecified atom stereocenters. The van der Waals surface area contributed by atoms with Gasteiger partial charge in [-0.15, -0.1) is 0 Å². The van der Waals surface area contributed by atoms with Crippen molar-refractivity contribution in [3.05, 3.63) is 65.9 Å². The van der Waals surface area contributed by atoms with Gasteiger partial charge in [0, 0.05) is 32.4 Å². The maximum Gasteiger partial charge on any atom is 0.246 e. The Morgan fingerprint density at radius 1 is 0.875 bits per heavy atom. The quantitative estimate of drug-likeness (QED) is 0.180. The van der Waals surface area contributed by atoms with Crippen molar-refractivity contribution in [3.63, 3.8) is 0 Å². The molecule has 0 saturated carbocycles. The first-order valence-corrected chi connectivity index (χ1v) is 19.3. The second kappa shape index (κ2) is 19.8. The smallest absolute Gasteiger partial charge is 0.246 e. The minimum Gasteiger partial charge on any atom is -0.480 e. The highest BCUT2D eigenvalue weighted by molar-refractivity contribution is 5.97. The fourth-order valence-electron chi connectivity index (χ4n) is 7.02. The SMILES string of the molecule is CC[C@@H]1NC(=O)[C@@H](NC(=O)CCc2nc3ccccc3nc2OC)CCCCNC(=O)[C@@H]2CCCN2C(=O)[C@@H](Cc2ccccc2)NC(=O)[C@H]([C@@H](C)O)NC1=O. The topological polar surface area (TPSA) is 221 Å². The number of para-hydroxylation sites is 2. The first kappa shape index (κ1) is 41.5. The molecular formula is C40H52N8O8. The van der Waals surface area contributed by atoms with E-state index in [1.807, 2.05) is 54.6 Å². The Bertz CT molecular complexity index is 1880. The molecule has 16 heteroatoms. The number of methoxy groups -OCH3 is 1. The molecule has 0 spiro atoms. The minimum atomic E-state index is -1.48.